The number of rotatable bonds is 2. The Labute approximate surface area is 70.2 Å². The monoisotopic (exact) mass is 178 g/mol. The maximum atomic E-state index is 9.28. The molecule has 0 amide bonds. The van der Waals surface area contributed by atoms with E-state index in [2.05, 4.69) is 0 Å². The Morgan fingerprint density at radius 1 is 1.33 bits per heavy atom. The maximum absolute atomic E-state index is 9.28. The van der Waals surface area contributed by atoms with Crippen molar-refractivity contribution in [3.8, 4) is 0 Å². The second kappa shape index (κ2) is 3.68. The highest BCUT2D eigenvalue weighted by atomic mass is 16.6. The second-order valence-electron chi connectivity index (χ2n) is 3.04. The van der Waals surface area contributed by atoms with Crippen molar-refractivity contribution in [1.82, 2.24) is 0 Å². The van der Waals surface area contributed by atoms with E-state index < -0.39 is 37.1 Å². The maximum Gasteiger partial charge on any atom is 0.115 e. The fourth-order valence-corrected chi connectivity index (χ4v) is 1.30. The van der Waals surface area contributed by atoms with Crippen LogP contribution in [0.1, 0.15) is 6.92 Å². The molecule has 0 spiro atoms. The van der Waals surface area contributed by atoms with Crippen molar-refractivity contribution in [3.63, 3.8) is 0 Å². The van der Waals surface area contributed by atoms with Crippen molar-refractivity contribution in [1.29, 1.82) is 0 Å². The van der Waals surface area contributed by atoms with Gasteiger partial charge >= 0.3 is 0 Å². The molecule has 0 saturated carbocycles. The molecule has 0 bridgehead atoms. The van der Waals surface area contributed by atoms with Gasteiger partial charge in [-0.05, 0) is 6.92 Å². The Kier molecular flexibility index (Phi) is 3.03. The lowest BCUT2D eigenvalue weighted by Gasteiger charge is -2.18. The zero-order chi connectivity index (χ0) is 9.30. The third-order valence-electron chi connectivity index (χ3n) is 2.11. The smallest absolute Gasteiger partial charge is 0.115 e. The zero-order valence-electron chi connectivity index (χ0n) is 6.79. The molecular weight excluding hydrogens is 164 g/mol. The molecule has 12 heavy (non-hydrogen) atoms. The van der Waals surface area contributed by atoms with Gasteiger partial charge in [0.15, 0.2) is 0 Å². The van der Waals surface area contributed by atoms with E-state index in [1.54, 1.807) is 6.92 Å². The summed E-state index contributed by atoms with van der Waals surface area (Å²) in [4.78, 5) is 0. The average Bonchev–Trinajstić information content (AvgIpc) is 2.32. The molecule has 0 aromatic rings. The van der Waals surface area contributed by atoms with Crippen LogP contribution in [0.2, 0.25) is 0 Å². The second-order valence-corrected chi connectivity index (χ2v) is 3.04. The van der Waals surface area contributed by atoms with Crippen LogP contribution in [0.25, 0.3) is 0 Å². The SMILES string of the molecule is C[C@@H]1O[C@H](C(O)CO)C(O)C1O. The highest BCUT2D eigenvalue weighted by Crippen LogP contribution is 2.22. The minimum atomic E-state index is -1.14. The van der Waals surface area contributed by atoms with Crippen LogP contribution in [-0.2, 0) is 4.74 Å². The molecule has 72 valence electrons. The van der Waals surface area contributed by atoms with Crippen molar-refractivity contribution in [2.24, 2.45) is 0 Å². The summed E-state index contributed by atoms with van der Waals surface area (Å²) >= 11 is 0. The van der Waals surface area contributed by atoms with Gasteiger partial charge in [-0.1, -0.05) is 0 Å². The number of ether oxygens (including phenoxy) is 1. The molecule has 1 saturated heterocycles. The standard InChI is InChI=1S/C7H14O5/c1-3-5(10)6(11)7(12-3)4(9)2-8/h3-11H,2H2,1H3/t3-,4?,5?,6?,7+/m0/s1. The fraction of sp³-hybridized carbons (Fsp3) is 1.00. The summed E-state index contributed by atoms with van der Waals surface area (Å²) in [7, 11) is 0. The van der Waals surface area contributed by atoms with Crippen molar-refractivity contribution in [2.75, 3.05) is 6.61 Å². The third kappa shape index (κ3) is 1.60. The average molecular weight is 178 g/mol. The molecule has 4 N–H and O–H groups in total. The predicted molar refractivity (Wildman–Crippen MR) is 39.4 cm³/mol. The quantitative estimate of drug-likeness (QED) is 0.387. The van der Waals surface area contributed by atoms with E-state index in [4.69, 9.17) is 14.9 Å². The first kappa shape index (κ1) is 9.88. The van der Waals surface area contributed by atoms with Crippen molar-refractivity contribution in [2.45, 2.75) is 37.4 Å². The Bertz CT molecular complexity index is 151. The summed E-state index contributed by atoms with van der Waals surface area (Å²) in [5, 5.41) is 36.2. The van der Waals surface area contributed by atoms with E-state index in [1.807, 2.05) is 0 Å². The van der Waals surface area contributed by atoms with Crippen molar-refractivity contribution in [3.05, 3.63) is 0 Å². The predicted octanol–water partition coefficient (Wildman–Crippen LogP) is -2.15. The molecule has 0 aromatic carbocycles. The van der Waals surface area contributed by atoms with E-state index in [0.29, 0.717) is 0 Å². The van der Waals surface area contributed by atoms with Crippen LogP contribution in [-0.4, -0.2) is 57.6 Å². The highest BCUT2D eigenvalue weighted by Gasteiger charge is 2.43. The van der Waals surface area contributed by atoms with Gasteiger partial charge in [0.05, 0.1) is 12.7 Å². The topological polar surface area (TPSA) is 90.2 Å². The molecule has 1 aliphatic rings. The number of hydrogen-bond donors (Lipinski definition) is 4. The van der Waals surface area contributed by atoms with E-state index in [0.717, 1.165) is 0 Å². The van der Waals surface area contributed by atoms with Crippen LogP contribution in [0.3, 0.4) is 0 Å². The summed E-state index contributed by atoms with van der Waals surface area (Å²) in [6, 6.07) is 0. The van der Waals surface area contributed by atoms with E-state index in [1.165, 1.54) is 0 Å². The molecule has 0 aliphatic carbocycles. The minimum Gasteiger partial charge on any atom is -0.394 e. The molecule has 1 rings (SSSR count). The third-order valence-corrected chi connectivity index (χ3v) is 2.11. The highest BCUT2D eigenvalue weighted by molar-refractivity contribution is 4.91. The first-order valence-corrected chi connectivity index (χ1v) is 3.88. The van der Waals surface area contributed by atoms with Gasteiger partial charge in [-0.25, -0.2) is 0 Å². The Morgan fingerprint density at radius 3 is 2.25 bits per heavy atom. The molecule has 0 aromatic heterocycles. The van der Waals surface area contributed by atoms with Gasteiger partial charge in [0.2, 0.25) is 0 Å². The van der Waals surface area contributed by atoms with Crippen LogP contribution in [0.4, 0.5) is 0 Å². The summed E-state index contributed by atoms with van der Waals surface area (Å²) < 4.78 is 5.03. The molecule has 1 heterocycles. The van der Waals surface area contributed by atoms with Crippen LogP contribution in [0.15, 0.2) is 0 Å². The van der Waals surface area contributed by atoms with Gasteiger partial charge in [0.1, 0.15) is 24.4 Å². The molecule has 5 heteroatoms. The van der Waals surface area contributed by atoms with Crippen LogP contribution < -0.4 is 0 Å². The molecular formula is C7H14O5. The zero-order valence-corrected chi connectivity index (χ0v) is 6.79. The number of hydrogen-bond acceptors (Lipinski definition) is 5. The van der Waals surface area contributed by atoms with Crippen molar-refractivity contribution >= 4 is 0 Å². The van der Waals surface area contributed by atoms with Crippen LogP contribution in [0.5, 0.6) is 0 Å². The van der Waals surface area contributed by atoms with Gasteiger partial charge in [0.25, 0.3) is 0 Å². The van der Waals surface area contributed by atoms with Crippen LogP contribution >= 0.6 is 0 Å². The Morgan fingerprint density at radius 2 is 1.92 bits per heavy atom. The Hall–Kier alpha value is -0.200. The van der Waals surface area contributed by atoms with E-state index in [9.17, 15) is 10.2 Å². The summed E-state index contributed by atoms with van der Waals surface area (Å²) in [5.41, 5.74) is 0. The lowest BCUT2D eigenvalue weighted by molar-refractivity contribution is -0.0786. The first-order chi connectivity index (χ1) is 5.57. The normalized spacial score (nSPS) is 44.8. The van der Waals surface area contributed by atoms with Crippen molar-refractivity contribution < 1.29 is 25.2 Å². The van der Waals surface area contributed by atoms with E-state index >= 15 is 0 Å². The lowest BCUT2D eigenvalue weighted by Crippen LogP contribution is -2.40. The number of aliphatic hydroxyl groups is 4. The fourth-order valence-electron chi connectivity index (χ4n) is 1.30. The molecule has 1 aliphatic heterocycles. The summed E-state index contributed by atoms with van der Waals surface area (Å²) in [6.45, 7) is 1.11. The first-order valence-electron chi connectivity index (χ1n) is 3.88. The molecule has 5 atom stereocenters. The van der Waals surface area contributed by atoms with Gasteiger partial charge < -0.3 is 25.2 Å². The van der Waals surface area contributed by atoms with Gasteiger partial charge in [0, 0.05) is 0 Å². The van der Waals surface area contributed by atoms with Gasteiger partial charge in [-0.15, -0.1) is 0 Å². The Balaban J connectivity index is 2.58. The van der Waals surface area contributed by atoms with Gasteiger partial charge in [-0.3, -0.25) is 0 Å². The minimum absolute atomic E-state index is 0.485. The molecule has 0 radical (unpaired) electrons. The van der Waals surface area contributed by atoms with E-state index in [-0.39, 0.29) is 0 Å². The summed E-state index contributed by atoms with van der Waals surface area (Å²) in [5.74, 6) is 0. The lowest BCUT2D eigenvalue weighted by atomic mass is 10.1. The molecule has 1 fully saturated rings. The van der Waals surface area contributed by atoms with Gasteiger partial charge in [-0.2, -0.15) is 0 Å². The summed E-state index contributed by atoms with van der Waals surface area (Å²) in [6.07, 6.45) is -4.65. The largest absolute Gasteiger partial charge is 0.394 e. The number of aliphatic hydroxyl groups excluding tert-OH is 4. The van der Waals surface area contributed by atoms with Crippen LogP contribution in [0, 0.1) is 0 Å². The molecule has 5 nitrogen and oxygen atoms in total. The molecule has 3 unspecified atom stereocenters.